The van der Waals surface area contributed by atoms with Crippen molar-refractivity contribution in [2.45, 2.75) is 6.92 Å². The van der Waals surface area contributed by atoms with E-state index in [9.17, 15) is 9.59 Å². The van der Waals surface area contributed by atoms with Crippen LogP contribution >= 0.6 is 0 Å². The Morgan fingerprint density at radius 1 is 1.12 bits per heavy atom. The van der Waals surface area contributed by atoms with E-state index < -0.39 is 0 Å². The van der Waals surface area contributed by atoms with Crippen LogP contribution in [0.3, 0.4) is 0 Å². The summed E-state index contributed by atoms with van der Waals surface area (Å²) in [7, 11) is 0. The number of piperazine rings is 1. The van der Waals surface area contributed by atoms with Crippen molar-refractivity contribution in [2.75, 3.05) is 70.5 Å². The molecular weight excluding hydrogens is 334 g/mol. The Bertz CT molecular complexity index is 608. The lowest BCUT2D eigenvalue weighted by molar-refractivity contribution is -0.129. The van der Waals surface area contributed by atoms with Gasteiger partial charge in [-0.2, -0.15) is 0 Å². The summed E-state index contributed by atoms with van der Waals surface area (Å²) in [4.78, 5) is 34.3. The van der Waals surface area contributed by atoms with E-state index >= 15 is 0 Å². The number of amides is 2. The highest BCUT2D eigenvalue weighted by molar-refractivity contribution is 5.94. The molecule has 2 amide bonds. The van der Waals surface area contributed by atoms with Crippen molar-refractivity contribution in [1.29, 1.82) is 0 Å². The molecular formula is C18H27N5O3. The Hall–Kier alpha value is -2.19. The summed E-state index contributed by atoms with van der Waals surface area (Å²) in [5, 5.41) is 2.94. The van der Waals surface area contributed by atoms with E-state index in [0.29, 0.717) is 25.2 Å². The van der Waals surface area contributed by atoms with Crippen LogP contribution in [0.15, 0.2) is 18.3 Å². The maximum atomic E-state index is 12.2. The van der Waals surface area contributed by atoms with Gasteiger partial charge in [-0.1, -0.05) is 0 Å². The van der Waals surface area contributed by atoms with E-state index in [1.54, 1.807) is 13.1 Å². The zero-order valence-corrected chi connectivity index (χ0v) is 15.3. The highest BCUT2D eigenvalue weighted by Gasteiger charge is 2.19. The predicted octanol–water partition coefficient (Wildman–Crippen LogP) is -0.188. The minimum absolute atomic E-state index is 0.0984. The van der Waals surface area contributed by atoms with Crippen LogP contribution in [0.25, 0.3) is 0 Å². The number of ether oxygens (including phenoxy) is 1. The first-order chi connectivity index (χ1) is 12.6. The molecule has 0 saturated carbocycles. The summed E-state index contributed by atoms with van der Waals surface area (Å²) in [5.74, 6) is 0.860. The third-order valence-corrected chi connectivity index (χ3v) is 4.88. The number of anilines is 1. The first kappa shape index (κ1) is 18.6. The van der Waals surface area contributed by atoms with Gasteiger partial charge in [-0.25, -0.2) is 4.98 Å². The summed E-state index contributed by atoms with van der Waals surface area (Å²) < 4.78 is 5.31. The molecule has 1 aromatic heterocycles. The largest absolute Gasteiger partial charge is 0.379 e. The number of hydrogen-bond donors (Lipinski definition) is 1. The number of nitrogens with zero attached hydrogens (tertiary/aromatic N) is 4. The highest BCUT2D eigenvalue weighted by atomic mass is 16.5. The fourth-order valence-electron chi connectivity index (χ4n) is 3.21. The van der Waals surface area contributed by atoms with Gasteiger partial charge in [0.1, 0.15) is 5.82 Å². The van der Waals surface area contributed by atoms with Crippen molar-refractivity contribution in [3.8, 4) is 0 Å². The Kier molecular flexibility index (Phi) is 6.40. The van der Waals surface area contributed by atoms with Gasteiger partial charge < -0.3 is 19.9 Å². The molecule has 1 aromatic rings. The first-order valence-corrected chi connectivity index (χ1v) is 9.18. The standard InChI is InChI=1S/C18H27N5O3/c1-15(24)22-6-8-23(9-7-22)17-3-2-16(14-20-17)18(25)19-4-5-21-10-12-26-13-11-21/h2-3,14H,4-13H2,1H3,(H,19,25). The lowest BCUT2D eigenvalue weighted by atomic mass is 10.2. The summed E-state index contributed by atoms with van der Waals surface area (Å²) in [5.41, 5.74) is 0.568. The molecule has 2 aliphatic heterocycles. The van der Waals surface area contributed by atoms with Crippen LogP contribution in [0, 0.1) is 0 Å². The molecule has 2 aliphatic rings. The average Bonchev–Trinajstić information content (AvgIpc) is 2.69. The van der Waals surface area contributed by atoms with Crippen molar-refractivity contribution in [3.05, 3.63) is 23.9 Å². The number of rotatable bonds is 5. The van der Waals surface area contributed by atoms with Gasteiger partial charge in [0.15, 0.2) is 0 Å². The number of aromatic nitrogens is 1. The van der Waals surface area contributed by atoms with Gasteiger partial charge in [-0.3, -0.25) is 14.5 Å². The molecule has 0 aromatic carbocycles. The van der Waals surface area contributed by atoms with Gasteiger partial charge in [0, 0.05) is 65.5 Å². The minimum atomic E-state index is -0.0984. The van der Waals surface area contributed by atoms with Crippen LogP contribution in [0.4, 0.5) is 5.82 Å². The average molecular weight is 361 g/mol. The summed E-state index contributed by atoms with van der Waals surface area (Å²) >= 11 is 0. The third-order valence-electron chi connectivity index (χ3n) is 4.88. The molecule has 142 valence electrons. The SMILES string of the molecule is CC(=O)N1CCN(c2ccc(C(=O)NCCN3CCOCC3)cn2)CC1. The second-order valence-electron chi connectivity index (χ2n) is 6.61. The van der Waals surface area contributed by atoms with E-state index in [1.165, 1.54) is 0 Å². The Morgan fingerprint density at radius 2 is 1.85 bits per heavy atom. The van der Waals surface area contributed by atoms with Crippen molar-refractivity contribution < 1.29 is 14.3 Å². The van der Waals surface area contributed by atoms with E-state index in [1.807, 2.05) is 17.0 Å². The van der Waals surface area contributed by atoms with Crippen LogP contribution in [0.5, 0.6) is 0 Å². The zero-order valence-electron chi connectivity index (χ0n) is 15.3. The van der Waals surface area contributed by atoms with Gasteiger partial charge >= 0.3 is 0 Å². The predicted molar refractivity (Wildman–Crippen MR) is 98.3 cm³/mol. The summed E-state index contributed by atoms with van der Waals surface area (Å²) in [6.07, 6.45) is 1.62. The first-order valence-electron chi connectivity index (χ1n) is 9.18. The van der Waals surface area contributed by atoms with Crippen LogP contribution in [-0.2, 0) is 9.53 Å². The molecule has 26 heavy (non-hydrogen) atoms. The fourth-order valence-corrected chi connectivity index (χ4v) is 3.21. The summed E-state index contributed by atoms with van der Waals surface area (Å²) in [6.45, 7) is 9.36. The number of nitrogens with one attached hydrogen (secondary N) is 1. The van der Waals surface area contributed by atoms with Crippen LogP contribution in [-0.4, -0.2) is 92.2 Å². The molecule has 3 heterocycles. The van der Waals surface area contributed by atoms with Gasteiger partial charge in [0.05, 0.1) is 18.8 Å². The van der Waals surface area contributed by atoms with Crippen LogP contribution in [0.2, 0.25) is 0 Å². The second kappa shape index (κ2) is 8.95. The van der Waals surface area contributed by atoms with E-state index in [4.69, 9.17) is 4.74 Å². The van der Waals surface area contributed by atoms with Gasteiger partial charge in [-0.05, 0) is 12.1 Å². The molecule has 8 heteroatoms. The molecule has 0 spiro atoms. The smallest absolute Gasteiger partial charge is 0.252 e. The highest BCUT2D eigenvalue weighted by Crippen LogP contribution is 2.14. The van der Waals surface area contributed by atoms with E-state index in [2.05, 4.69) is 20.1 Å². The van der Waals surface area contributed by atoms with E-state index in [-0.39, 0.29) is 11.8 Å². The number of carbonyl (C=O) groups excluding carboxylic acids is 2. The molecule has 1 N–H and O–H groups in total. The molecule has 3 rings (SSSR count). The number of carbonyl (C=O) groups is 2. The maximum Gasteiger partial charge on any atom is 0.252 e. The topological polar surface area (TPSA) is 78.0 Å². The van der Waals surface area contributed by atoms with Crippen molar-refractivity contribution in [3.63, 3.8) is 0 Å². The number of hydrogen-bond acceptors (Lipinski definition) is 6. The normalized spacial score (nSPS) is 18.7. The molecule has 2 fully saturated rings. The molecule has 8 nitrogen and oxygen atoms in total. The Morgan fingerprint density at radius 3 is 2.46 bits per heavy atom. The van der Waals surface area contributed by atoms with Crippen molar-refractivity contribution in [2.24, 2.45) is 0 Å². The van der Waals surface area contributed by atoms with Crippen LogP contribution < -0.4 is 10.2 Å². The fraction of sp³-hybridized carbons (Fsp3) is 0.611. The quantitative estimate of drug-likeness (QED) is 0.783. The third kappa shape index (κ3) is 4.92. The Balaban J connectivity index is 1.44. The molecule has 0 unspecified atom stereocenters. The van der Waals surface area contributed by atoms with Crippen LogP contribution in [0.1, 0.15) is 17.3 Å². The Labute approximate surface area is 154 Å². The molecule has 0 aliphatic carbocycles. The summed E-state index contributed by atoms with van der Waals surface area (Å²) in [6, 6.07) is 3.68. The minimum Gasteiger partial charge on any atom is -0.379 e. The van der Waals surface area contributed by atoms with Crippen molar-refractivity contribution >= 4 is 17.6 Å². The van der Waals surface area contributed by atoms with Gasteiger partial charge in [0.2, 0.25) is 5.91 Å². The molecule has 0 bridgehead atoms. The molecule has 2 saturated heterocycles. The number of pyridine rings is 1. The maximum absolute atomic E-state index is 12.2. The van der Waals surface area contributed by atoms with Gasteiger partial charge in [0.25, 0.3) is 5.91 Å². The molecule has 0 atom stereocenters. The zero-order chi connectivity index (χ0) is 18.4. The lowest BCUT2D eigenvalue weighted by Gasteiger charge is -2.34. The monoisotopic (exact) mass is 361 g/mol. The van der Waals surface area contributed by atoms with E-state index in [0.717, 1.165) is 51.8 Å². The van der Waals surface area contributed by atoms with Gasteiger partial charge in [-0.15, -0.1) is 0 Å². The second-order valence-corrected chi connectivity index (χ2v) is 6.61. The molecule has 0 radical (unpaired) electrons. The lowest BCUT2D eigenvalue weighted by Crippen LogP contribution is -2.48. The number of morpholine rings is 1. The van der Waals surface area contributed by atoms with Crippen molar-refractivity contribution in [1.82, 2.24) is 20.1 Å².